The van der Waals surface area contributed by atoms with Gasteiger partial charge < -0.3 is 10.5 Å². The van der Waals surface area contributed by atoms with Crippen LogP contribution in [0.1, 0.15) is 11.7 Å². The lowest BCUT2D eigenvalue weighted by atomic mass is 10.1. The van der Waals surface area contributed by atoms with Crippen LogP contribution in [0.4, 0.5) is 4.39 Å². The zero-order valence-corrected chi connectivity index (χ0v) is 11.5. The van der Waals surface area contributed by atoms with Crippen molar-refractivity contribution in [3.05, 3.63) is 63.9 Å². The van der Waals surface area contributed by atoms with Gasteiger partial charge in [-0.15, -0.1) is 0 Å². The van der Waals surface area contributed by atoms with Crippen LogP contribution in [-0.4, -0.2) is 6.54 Å². The highest BCUT2D eigenvalue weighted by Gasteiger charge is 2.13. The first-order valence-corrected chi connectivity index (χ1v) is 6.43. The molecule has 2 nitrogen and oxygen atoms in total. The molecule has 1 unspecified atom stereocenters. The summed E-state index contributed by atoms with van der Waals surface area (Å²) in [6, 6.07) is 11.1. The summed E-state index contributed by atoms with van der Waals surface area (Å²) in [5.74, 6) is 0.211. The van der Waals surface area contributed by atoms with Crippen molar-refractivity contribution in [3.63, 3.8) is 0 Å². The minimum absolute atomic E-state index is 0.226. The number of halogens is 3. The quantitative estimate of drug-likeness (QED) is 0.918. The molecule has 2 aromatic rings. The summed E-state index contributed by atoms with van der Waals surface area (Å²) in [6.07, 6.45) is -0.437. The van der Waals surface area contributed by atoms with Crippen LogP contribution in [0, 0.1) is 5.82 Å². The highest BCUT2D eigenvalue weighted by atomic mass is 35.5. The molecule has 0 saturated heterocycles. The molecule has 5 heteroatoms. The summed E-state index contributed by atoms with van der Waals surface area (Å²) in [5.41, 5.74) is 6.34. The molecule has 0 saturated carbocycles. The Kier molecular flexibility index (Phi) is 4.64. The van der Waals surface area contributed by atoms with Gasteiger partial charge in [-0.2, -0.15) is 0 Å². The van der Waals surface area contributed by atoms with E-state index in [0.29, 0.717) is 21.4 Å². The average molecular weight is 300 g/mol. The van der Waals surface area contributed by atoms with Crippen LogP contribution in [0.25, 0.3) is 0 Å². The van der Waals surface area contributed by atoms with Gasteiger partial charge >= 0.3 is 0 Å². The van der Waals surface area contributed by atoms with E-state index in [-0.39, 0.29) is 12.4 Å². The predicted molar refractivity (Wildman–Crippen MR) is 75.3 cm³/mol. The molecule has 0 bridgehead atoms. The van der Waals surface area contributed by atoms with Gasteiger partial charge in [0, 0.05) is 12.6 Å². The average Bonchev–Trinajstić information content (AvgIpc) is 2.40. The van der Waals surface area contributed by atoms with Crippen molar-refractivity contribution < 1.29 is 9.13 Å². The third-order valence-electron chi connectivity index (χ3n) is 2.60. The number of ether oxygens (including phenoxy) is 1. The predicted octanol–water partition coefficient (Wildman–Crippen LogP) is 4.21. The summed E-state index contributed by atoms with van der Waals surface area (Å²) < 4.78 is 18.9. The molecule has 1 atom stereocenters. The first-order valence-electron chi connectivity index (χ1n) is 5.67. The van der Waals surface area contributed by atoms with Crippen LogP contribution in [0.5, 0.6) is 5.75 Å². The van der Waals surface area contributed by atoms with Gasteiger partial charge in [0.25, 0.3) is 0 Å². The monoisotopic (exact) mass is 299 g/mol. The molecule has 2 aromatic carbocycles. The van der Waals surface area contributed by atoms with E-state index in [9.17, 15) is 4.39 Å². The van der Waals surface area contributed by atoms with Crippen molar-refractivity contribution in [2.75, 3.05) is 6.54 Å². The highest BCUT2D eigenvalue weighted by molar-refractivity contribution is 6.42. The van der Waals surface area contributed by atoms with Crippen LogP contribution in [0.3, 0.4) is 0 Å². The SMILES string of the molecule is NCC(Oc1ccc(Cl)c(Cl)c1)c1cccc(F)c1. The lowest BCUT2D eigenvalue weighted by molar-refractivity contribution is 0.214. The molecule has 0 aromatic heterocycles. The van der Waals surface area contributed by atoms with Crippen molar-refractivity contribution in [1.82, 2.24) is 0 Å². The maximum absolute atomic E-state index is 13.2. The van der Waals surface area contributed by atoms with Crippen LogP contribution in [-0.2, 0) is 0 Å². The molecule has 0 fully saturated rings. The Hall–Kier alpha value is -1.29. The Morgan fingerprint density at radius 3 is 2.53 bits per heavy atom. The topological polar surface area (TPSA) is 35.2 Å². The number of nitrogens with two attached hydrogens (primary N) is 1. The van der Waals surface area contributed by atoms with E-state index in [2.05, 4.69) is 0 Å². The van der Waals surface area contributed by atoms with Crippen LogP contribution in [0.2, 0.25) is 10.0 Å². The van der Waals surface area contributed by atoms with Crippen LogP contribution >= 0.6 is 23.2 Å². The molecule has 0 radical (unpaired) electrons. The second kappa shape index (κ2) is 6.24. The minimum Gasteiger partial charge on any atom is -0.484 e. The third-order valence-corrected chi connectivity index (χ3v) is 3.34. The zero-order valence-electron chi connectivity index (χ0n) is 9.95. The Morgan fingerprint density at radius 2 is 1.89 bits per heavy atom. The van der Waals surface area contributed by atoms with Gasteiger partial charge in [-0.05, 0) is 29.8 Å². The maximum Gasteiger partial charge on any atom is 0.136 e. The molecule has 0 aliphatic rings. The molecule has 2 rings (SSSR count). The fourth-order valence-electron chi connectivity index (χ4n) is 1.67. The number of rotatable bonds is 4. The second-order valence-corrected chi connectivity index (χ2v) is 4.79. The smallest absolute Gasteiger partial charge is 0.136 e. The lowest BCUT2D eigenvalue weighted by Gasteiger charge is -2.18. The molecule has 0 aliphatic heterocycles. The Labute approximate surface area is 120 Å². The van der Waals surface area contributed by atoms with Crippen molar-refractivity contribution in [2.24, 2.45) is 5.73 Å². The molecule has 0 aliphatic carbocycles. The fraction of sp³-hybridized carbons (Fsp3) is 0.143. The first kappa shape index (κ1) is 14.1. The Balaban J connectivity index is 2.21. The summed E-state index contributed by atoms with van der Waals surface area (Å²) in [5, 5.41) is 0.846. The van der Waals surface area contributed by atoms with E-state index in [1.807, 2.05) is 0 Å². The van der Waals surface area contributed by atoms with Crippen molar-refractivity contribution >= 4 is 23.2 Å². The normalized spacial score (nSPS) is 12.2. The van der Waals surface area contributed by atoms with Gasteiger partial charge in [0.15, 0.2) is 0 Å². The summed E-state index contributed by atoms with van der Waals surface area (Å²) >= 11 is 11.7. The molecular weight excluding hydrogens is 288 g/mol. The molecule has 0 spiro atoms. The van der Waals surface area contributed by atoms with Gasteiger partial charge in [0.2, 0.25) is 0 Å². The standard InChI is InChI=1S/C14H12Cl2FNO/c15-12-5-4-11(7-13(12)16)19-14(8-18)9-2-1-3-10(17)6-9/h1-7,14H,8,18H2. The fourth-order valence-corrected chi connectivity index (χ4v) is 1.96. The molecule has 0 heterocycles. The van der Waals surface area contributed by atoms with E-state index >= 15 is 0 Å². The van der Waals surface area contributed by atoms with Gasteiger partial charge in [-0.25, -0.2) is 4.39 Å². The number of benzene rings is 2. The summed E-state index contributed by atoms with van der Waals surface area (Å²) in [4.78, 5) is 0. The maximum atomic E-state index is 13.2. The molecule has 2 N–H and O–H groups in total. The van der Waals surface area contributed by atoms with E-state index in [0.717, 1.165) is 0 Å². The van der Waals surface area contributed by atoms with E-state index < -0.39 is 6.10 Å². The Morgan fingerprint density at radius 1 is 1.11 bits per heavy atom. The van der Waals surface area contributed by atoms with Gasteiger partial charge in [0.1, 0.15) is 17.7 Å². The minimum atomic E-state index is -0.437. The van der Waals surface area contributed by atoms with Crippen molar-refractivity contribution in [1.29, 1.82) is 0 Å². The van der Waals surface area contributed by atoms with E-state index in [4.69, 9.17) is 33.7 Å². The third kappa shape index (κ3) is 3.60. The Bertz CT molecular complexity index is 577. The second-order valence-electron chi connectivity index (χ2n) is 3.97. The lowest BCUT2D eigenvalue weighted by Crippen LogP contribution is -2.18. The van der Waals surface area contributed by atoms with E-state index in [1.165, 1.54) is 12.1 Å². The van der Waals surface area contributed by atoms with Crippen molar-refractivity contribution in [2.45, 2.75) is 6.10 Å². The van der Waals surface area contributed by atoms with Crippen LogP contribution < -0.4 is 10.5 Å². The largest absolute Gasteiger partial charge is 0.484 e. The number of hydrogen-bond acceptors (Lipinski definition) is 2. The number of hydrogen-bond donors (Lipinski definition) is 1. The highest BCUT2D eigenvalue weighted by Crippen LogP contribution is 2.29. The first-order chi connectivity index (χ1) is 9.10. The summed E-state index contributed by atoms with van der Waals surface area (Å²) in [6.45, 7) is 0.226. The molecular formula is C14H12Cl2FNO. The molecule has 100 valence electrons. The zero-order chi connectivity index (χ0) is 13.8. The van der Waals surface area contributed by atoms with Gasteiger partial charge in [0.05, 0.1) is 10.0 Å². The van der Waals surface area contributed by atoms with Gasteiger partial charge in [-0.1, -0.05) is 35.3 Å². The molecule has 0 amide bonds. The van der Waals surface area contributed by atoms with Crippen LogP contribution in [0.15, 0.2) is 42.5 Å². The van der Waals surface area contributed by atoms with Crippen molar-refractivity contribution in [3.8, 4) is 5.75 Å². The van der Waals surface area contributed by atoms with Gasteiger partial charge in [-0.3, -0.25) is 0 Å². The molecule has 19 heavy (non-hydrogen) atoms. The summed E-state index contributed by atoms with van der Waals surface area (Å²) in [7, 11) is 0. The van der Waals surface area contributed by atoms with E-state index in [1.54, 1.807) is 30.3 Å².